The first-order valence-corrected chi connectivity index (χ1v) is 5.58. The first kappa shape index (κ1) is 12.1. The Labute approximate surface area is 95.6 Å². The molecule has 0 heterocycles. The van der Waals surface area contributed by atoms with Crippen LogP contribution in [0.2, 0.25) is 0 Å². The van der Waals surface area contributed by atoms with Crippen LogP contribution < -0.4 is 5.32 Å². The van der Waals surface area contributed by atoms with Crippen molar-refractivity contribution in [2.75, 3.05) is 0 Å². The molecule has 1 amide bonds. The van der Waals surface area contributed by atoms with Gasteiger partial charge < -0.3 is 5.32 Å². The summed E-state index contributed by atoms with van der Waals surface area (Å²) in [6.07, 6.45) is 0.860. The van der Waals surface area contributed by atoms with Gasteiger partial charge in [0, 0.05) is 0 Å². The molecule has 0 aliphatic carbocycles. The van der Waals surface area contributed by atoms with E-state index < -0.39 is 5.38 Å². The number of benzene rings is 1. The summed E-state index contributed by atoms with van der Waals surface area (Å²) in [4.78, 5) is 11.4. The van der Waals surface area contributed by atoms with E-state index in [2.05, 4.69) is 5.32 Å². The summed E-state index contributed by atoms with van der Waals surface area (Å²) >= 11 is 5.70. The topological polar surface area (TPSA) is 29.1 Å². The Balaban J connectivity index is 2.69. The second-order valence-corrected chi connectivity index (χ2v) is 4.15. The van der Waals surface area contributed by atoms with Gasteiger partial charge in [-0.15, -0.1) is 11.6 Å². The normalized spacial score (nSPS) is 14.3. The standard InChI is InChI=1S/C12H16ClNO/c1-3-11(14-12(15)9(2)13)10-7-5-4-6-8-10/h4-9,11H,3H2,1-2H3,(H,14,15)/t9-,11+/m1/s1. The molecule has 1 rings (SSSR count). The van der Waals surface area contributed by atoms with Crippen LogP contribution in [0.15, 0.2) is 30.3 Å². The van der Waals surface area contributed by atoms with E-state index in [0.717, 1.165) is 12.0 Å². The van der Waals surface area contributed by atoms with Gasteiger partial charge >= 0.3 is 0 Å². The molecule has 82 valence electrons. The SMILES string of the molecule is CC[C@H](NC(=O)[C@@H](C)Cl)c1ccccc1. The van der Waals surface area contributed by atoms with Gasteiger partial charge in [-0.1, -0.05) is 37.3 Å². The van der Waals surface area contributed by atoms with Crippen LogP contribution in [0.4, 0.5) is 0 Å². The fourth-order valence-electron chi connectivity index (χ4n) is 1.39. The number of carbonyl (C=O) groups is 1. The second kappa shape index (κ2) is 5.76. The number of alkyl halides is 1. The number of amides is 1. The largest absolute Gasteiger partial charge is 0.348 e. The molecule has 0 aliphatic rings. The molecule has 3 heteroatoms. The third kappa shape index (κ3) is 3.56. The van der Waals surface area contributed by atoms with Crippen molar-refractivity contribution in [3.8, 4) is 0 Å². The van der Waals surface area contributed by atoms with E-state index in [1.54, 1.807) is 6.92 Å². The molecule has 1 aromatic rings. The van der Waals surface area contributed by atoms with E-state index >= 15 is 0 Å². The lowest BCUT2D eigenvalue weighted by molar-refractivity contribution is -0.121. The van der Waals surface area contributed by atoms with Crippen LogP contribution in [0.3, 0.4) is 0 Å². The third-order valence-corrected chi connectivity index (χ3v) is 2.49. The van der Waals surface area contributed by atoms with Crippen molar-refractivity contribution in [1.29, 1.82) is 0 Å². The molecule has 1 aromatic carbocycles. The number of carbonyl (C=O) groups excluding carboxylic acids is 1. The van der Waals surface area contributed by atoms with Crippen molar-refractivity contribution in [1.82, 2.24) is 5.32 Å². The minimum absolute atomic E-state index is 0.0555. The fraction of sp³-hybridized carbons (Fsp3) is 0.417. The predicted octanol–water partition coefficient (Wildman–Crippen LogP) is 2.88. The summed E-state index contributed by atoms with van der Waals surface area (Å²) in [5.74, 6) is -0.118. The summed E-state index contributed by atoms with van der Waals surface area (Å²) in [7, 11) is 0. The first-order valence-electron chi connectivity index (χ1n) is 5.14. The predicted molar refractivity (Wildman–Crippen MR) is 62.9 cm³/mol. The van der Waals surface area contributed by atoms with Gasteiger partial charge in [-0.3, -0.25) is 4.79 Å². The number of hydrogen-bond donors (Lipinski definition) is 1. The van der Waals surface area contributed by atoms with E-state index in [-0.39, 0.29) is 11.9 Å². The smallest absolute Gasteiger partial charge is 0.238 e. The van der Waals surface area contributed by atoms with Gasteiger partial charge in [0.2, 0.25) is 5.91 Å². The maximum atomic E-state index is 11.4. The molecular weight excluding hydrogens is 210 g/mol. The zero-order valence-electron chi connectivity index (χ0n) is 9.03. The Morgan fingerprint density at radius 3 is 2.47 bits per heavy atom. The summed E-state index contributed by atoms with van der Waals surface area (Å²) in [5, 5.41) is 2.43. The van der Waals surface area contributed by atoms with E-state index in [4.69, 9.17) is 11.6 Å². The highest BCUT2D eigenvalue weighted by Gasteiger charge is 2.15. The fourth-order valence-corrected chi connectivity index (χ4v) is 1.46. The highest BCUT2D eigenvalue weighted by atomic mass is 35.5. The number of halogens is 1. The van der Waals surface area contributed by atoms with Crippen molar-refractivity contribution in [3.05, 3.63) is 35.9 Å². The lowest BCUT2D eigenvalue weighted by atomic mass is 10.0. The molecule has 1 N–H and O–H groups in total. The van der Waals surface area contributed by atoms with Crippen molar-refractivity contribution in [2.45, 2.75) is 31.7 Å². The Hall–Kier alpha value is -1.02. The summed E-state index contributed by atoms with van der Waals surface area (Å²) in [6, 6.07) is 9.96. The van der Waals surface area contributed by atoms with Crippen LogP contribution in [-0.2, 0) is 4.79 Å². The second-order valence-electron chi connectivity index (χ2n) is 3.50. The molecule has 15 heavy (non-hydrogen) atoms. The molecular formula is C12H16ClNO. The zero-order valence-corrected chi connectivity index (χ0v) is 9.79. The van der Waals surface area contributed by atoms with E-state index in [0.29, 0.717) is 0 Å². The molecule has 0 saturated heterocycles. The Bertz CT molecular complexity index is 311. The number of nitrogens with one attached hydrogen (secondary N) is 1. The van der Waals surface area contributed by atoms with E-state index in [1.165, 1.54) is 0 Å². The quantitative estimate of drug-likeness (QED) is 0.785. The molecule has 2 atom stereocenters. The van der Waals surface area contributed by atoms with Crippen LogP contribution >= 0.6 is 11.6 Å². The van der Waals surface area contributed by atoms with Gasteiger partial charge in [0.05, 0.1) is 6.04 Å². The Kier molecular flexibility index (Phi) is 4.63. The van der Waals surface area contributed by atoms with Gasteiger partial charge in [-0.25, -0.2) is 0 Å². The van der Waals surface area contributed by atoms with Crippen LogP contribution in [0.25, 0.3) is 0 Å². The molecule has 0 aliphatic heterocycles. The lowest BCUT2D eigenvalue weighted by Gasteiger charge is -2.18. The van der Waals surface area contributed by atoms with Gasteiger partial charge in [-0.2, -0.15) is 0 Å². The van der Waals surface area contributed by atoms with Gasteiger partial charge in [0.15, 0.2) is 0 Å². The summed E-state index contributed by atoms with van der Waals surface area (Å²) in [6.45, 7) is 3.71. The Morgan fingerprint density at radius 1 is 1.40 bits per heavy atom. The molecule has 0 saturated carbocycles. The van der Waals surface area contributed by atoms with Crippen LogP contribution in [-0.4, -0.2) is 11.3 Å². The average molecular weight is 226 g/mol. The minimum Gasteiger partial charge on any atom is -0.348 e. The molecule has 0 bridgehead atoms. The van der Waals surface area contributed by atoms with Gasteiger partial charge in [0.25, 0.3) is 0 Å². The summed E-state index contributed by atoms with van der Waals surface area (Å²) in [5.41, 5.74) is 1.12. The monoisotopic (exact) mass is 225 g/mol. The van der Waals surface area contributed by atoms with Crippen molar-refractivity contribution >= 4 is 17.5 Å². The maximum Gasteiger partial charge on any atom is 0.238 e. The third-order valence-electron chi connectivity index (χ3n) is 2.29. The highest BCUT2D eigenvalue weighted by Crippen LogP contribution is 2.16. The van der Waals surface area contributed by atoms with Crippen molar-refractivity contribution < 1.29 is 4.79 Å². The molecule has 0 radical (unpaired) electrons. The average Bonchev–Trinajstić information content (AvgIpc) is 2.26. The van der Waals surface area contributed by atoms with Gasteiger partial charge in [0.1, 0.15) is 5.38 Å². The van der Waals surface area contributed by atoms with Crippen molar-refractivity contribution in [2.24, 2.45) is 0 Å². The van der Waals surface area contributed by atoms with Gasteiger partial charge in [-0.05, 0) is 18.9 Å². The lowest BCUT2D eigenvalue weighted by Crippen LogP contribution is -2.33. The molecule has 0 aromatic heterocycles. The molecule has 2 nitrogen and oxygen atoms in total. The molecule has 0 spiro atoms. The molecule has 0 unspecified atom stereocenters. The highest BCUT2D eigenvalue weighted by molar-refractivity contribution is 6.30. The van der Waals surface area contributed by atoms with Crippen LogP contribution in [0.1, 0.15) is 31.9 Å². The summed E-state index contributed by atoms with van der Waals surface area (Å²) < 4.78 is 0. The number of rotatable bonds is 4. The first-order chi connectivity index (χ1) is 7.15. The zero-order chi connectivity index (χ0) is 11.3. The van der Waals surface area contributed by atoms with E-state index in [1.807, 2.05) is 37.3 Å². The minimum atomic E-state index is -0.484. The van der Waals surface area contributed by atoms with Crippen LogP contribution in [0.5, 0.6) is 0 Å². The molecule has 0 fully saturated rings. The van der Waals surface area contributed by atoms with Crippen molar-refractivity contribution in [3.63, 3.8) is 0 Å². The van der Waals surface area contributed by atoms with Crippen LogP contribution in [0, 0.1) is 0 Å². The number of hydrogen-bond acceptors (Lipinski definition) is 1. The van der Waals surface area contributed by atoms with E-state index in [9.17, 15) is 4.79 Å². The maximum absolute atomic E-state index is 11.4. The Morgan fingerprint density at radius 2 is 2.00 bits per heavy atom.